The van der Waals surface area contributed by atoms with E-state index in [2.05, 4.69) is 101 Å². The highest BCUT2D eigenvalue weighted by Crippen LogP contribution is 2.75. The molecule has 0 saturated carbocycles. The average Bonchev–Trinajstić information content (AvgIpc) is 2.69. The fourth-order valence-corrected chi connectivity index (χ4v) is 7.35. The lowest BCUT2D eigenvalue weighted by Crippen LogP contribution is -2.02. The second-order valence-corrected chi connectivity index (χ2v) is 11.2. The summed E-state index contributed by atoms with van der Waals surface area (Å²) in [5.74, 6) is 0.968. The van der Waals surface area contributed by atoms with Crippen LogP contribution in [0.3, 0.4) is 0 Å². The molecule has 130 valence electrons. The molecule has 0 saturated heterocycles. The number of rotatable bonds is 7. The maximum atomic E-state index is 6.16. The molecule has 0 heterocycles. The molecular formula is C22H23BrOS. The van der Waals surface area contributed by atoms with E-state index in [9.17, 15) is 0 Å². The van der Waals surface area contributed by atoms with Crippen LogP contribution in [0.25, 0.3) is 0 Å². The van der Waals surface area contributed by atoms with Crippen LogP contribution in [-0.4, -0.2) is 6.61 Å². The van der Waals surface area contributed by atoms with Gasteiger partial charge in [0.2, 0.25) is 0 Å². The van der Waals surface area contributed by atoms with Crippen molar-refractivity contribution >= 4 is 23.3 Å². The van der Waals surface area contributed by atoms with Gasteiger partial charge in [-0.25, -0.2) is 0 Å². The summed E-state index contributed by atoms with van der Waals surface area (Å²) < 4.78 is 6.16. The van der Waals surface area contributed by atoms with Gasteiger partial charge in [0.05, 0.1) is 6.61 Å². The Bertz CT molecular complexity index is 750. The number of ether oxygens (including phenoxy) is 1. The van der Waals surface area contributed by atoms with Gasteiger partial charge < -0.3 is 4.74 Å². The predicted octanol–water partition coefficient (Wildman–Crippen LogP) is 7.46. The number of hydrogen-bond donors (Lipinski definition) is 0. The maximum absolute atomic E-state index is 6.16. The van der Waals surface area contributed by atoms with Crippen LogP contribution in [0.1, 0.15) is 19.8 Å². The van der Waals surface area contributed by atoms with Crippen LogP contribution in [0.2, 0.25) is 0 Å². The normalized spacial score (nSPS) is 11.9. The third-order valence-electron chi connectivity index (χ3n) is 4.04. The highest BCUT2D eigenvalue weighted by Gasteiger charge is 2.30. The standard InChI is InChI=1S/C22H23BrOS/c1-2-3-18-24-21-16-10-11-17-22(21)25(23,19-12-6-4-7-13-19)20-14-8-5-9-15-20/h4-17H,2-3,18H2,1H3. The van der Waals surface area contributed by atoms with Crippen LogP contribution in [0.5, 0.6) is 5.75 Å². The summed E-state index contributed by atoms with van der Waals surface area (Å²) >= 11 is 4.17. The first kappa shape index (κ1) is 18.1. The van der Waals surface area contributed by atoms with Gasteiger partial charge in [0.15, 0.2) is 0 Å². The average molecular weight is 415 g/mol. The van der Waals surface area contributed by atoms with Gasteiger partial charge >= 0.3 is 0 Å². The Hall–Kier alpha value is -1.71. The van der Waals surface area contributed by atoms with Gasteiger partial charge in [-0.2, -0.15) is 0 Å². The molecule has 3 rings (SSSR count). The van der Waals surface area contributed by atoms with E-state index in [1.54, 1.807) is 0 Å². The highest BCUT2D eigenvalue weighted by molar-refractivity contribution is 9.58. The largest absolute Gasteiger partial charge is 0.492 e. The molecule has 0 N–H and O–H groups in total. The minimum absolute atomic E-state index is 0.750. The Morgan fingerprint density at radius 3 is 1.84 bits per heavy atom. The number of unbranched alkanes of at least 4 members (excludes halogenated alkanes) is 1. The number of para-hydroxylation sites is 1. The summed E-state index contributed by atoms with van der Waals surface area (Å²) in [4.78, 5) is 3.75. The van der Waals surface area contributed by atoms with Crippen molar-refractivity contribution in [3.05, 3.63) is 84.9 Å². The summed E-state index contributed by atoms with van der Waals surface area (Å²) in [6.07, 6.45) is 2.20. The highest BCUT2D eigenvalue weighted by atomic mass is 79.9. The number of benzene rings is 3. The Kier molecular flexibility index (Phi) is 6.22. The van der Waals surface area contributed by atoms with Crippen LogP contribution in [-0.2, 0) is 0 Å². The van der Waals surface area contributed by atoms with Gasteiger partial charge in [-0.15, -0.1) is 0 Å². The molecule has 0 amide bonds. The number of halogens is 1. The smallest absolute Gasteiger partial charge is 0.132 e. The van der Waals surface area contributed by atoms with E-state index < -0.39 is 8.46 Å². The van der Waals surface area contributed by atoms with E-state index in [1.807, 2.05) is 6.07 Å². The van der Waals surface area contributed by atoms with Gasteiger partial charge in [0, 0.05) is 14.7 Å². The lowest BCUT2D eigenvalue weighted by atomic mass is 10.3. The molecule has 0 atom stereocenters. The quantitative estimate of drug-likeness (QED) is 0.364. The molecule has 3 aromatic rings. The van der Waals surface area contributed by atoms with Gasteiger partial charge in [-0.3, -0.25) is 0 Å². The minimum atomic E-state index is -1.56. The van der Waals surface area contributed by atoms with Crippen molar-refractivity contribution in [2.45, 2.75) is 34.5 Å². The van der Waals surface area contributed by atoms with Gasteiger partial charge in [0.1, 0.15) is 5.75 Å². The Morgan fingerprint density at radius 2 is 1.28 bits per heavy atom. The third-order valence-corrected chi connectivity index (χ3v) is 10.1. The van der Waals surface area contributed by atoms with Gasteiger partial charge in [-0.05, 0) is 57.6 Å². The molecule has 0 bridgehead atoms. The van der Waals surface area contributed by atoms with E-state index in [4.69, 9.17) is 4.74 Å². The maximum Gasteiger partial charge on any atom is 0.132 e. The molecule has 0 spiro atoms. The summed E-state index contributed by atoms with van der Waals surface area (Å²) in [5.41, 5.74) is 0. The topological polar surface area (TPSA) is 9.23 Å². The Morgan fingerprint density at radius 1 is 0.760 bits per heavy atom. The zero-order valence-electron chi connectivity index (χ0n) is 14.4. The summed E-state index contributed by atoms with van der Waals surface area (Å²) in [6.45, 7) is 2.93. The first-order valence-electron chi connectivity index (χ1n) is 8.62. The van der Waals surface area contributed by atoms with E-state index in [0.29, 0.717) is 0 Å². The van der Waals surface area contributed by atoms with E-state index in [1.165, 1.54) is 14.7 Å². The van der Waals surface area contributed by atoms with Crippen LogP contribution in [0.15, 0.2) is 99.6 Å². The minimum Gasteiger partial charge on any atom is -0.492 e. The van der Waals surface area contributed by atoms with Crippen molar-refractivity contribution in [2.75, 3.05) is 6.61 Å². The molecular weight excluding hydrogens is 392 g/mol. The molecule has 0 fully saturated rings. The van der Waals surface area contributed by atoms with Crippen molar-refractivity contribution in [1.82, 2.24) is 0 Å². The molecule has 0 unspecified atom stereocenters. The second-order valence-electron chi connectivity index (χ2n) is 5.81. The molecule has 0 aromatic heterocycles. The van der Waals surface area contributed by atoms with Crippen LogP contribution < -0.4 is 4.74 Å². The molecule has 0 aliphatic rings. The van der Waals surface area contributed by atoms with Crippen LogP contribution >= 0.6 is 23.3 Å². The Labute approximate surface area is 159 Å². The lowest BCUT2D eigenvalue weighted by Gasteiger charge is -2.36. The monoisotopic (exact) mass is 414 g/mol. The summed E-state index contributed by atoms with van der Waals surface area (Å²) in [5, 5.41) is 0. The molecule has 0 aliphatic heterocycles. The third kappa shape index (κ3) is 3.94. The zero-order chi connectivity index (χ0) is 17.5. The summed E-state index contributed by atoms with van der Waals surface area (Å²) in [7, 11) is -1.56. The molecule has 25 heavy (non-hydrogen) atoms. The van der Waals surface area contributed by atoms with Crippen molar-refractivity contribution in [2.24, 2.45) is 0 Å². The van der Waals surface area contributed by atoms with E-state index >= 15 is 0 Å². The summed E-state index contributed by atoms with van der Waals surface area (Å²) in [6, 6.07) is 29.7. The SMILES string of the molecule is CCCCOc1ccccc1S(Br)(c1ccccc1)c1ccccc1. The lowest BCUT2D eigenvalue weighted by molar-refractivity contribution is 0.302. The van der Waals surface area contributed by atoms with E-state index in [0.717, 1.165) is 25.2 Å². The van der Waals surface area contributed by atoms with Crippen molar-refractivity contribution < 1.29 is 4.74 Å². The van der Waals surface area contributed by atoms with Crippen LogP contribution in [0, 0.1) is 0 Å². The van der Waals surface area contributed by atoms with Gasteiger partial charge in [-0.1, -0.05) is 70.3 Å². The fraction of sp³-hybridized carbons (Fsp3) is 0.182. The van der Waals surface area contributed by atoms with Crippen molar-refractivity contribution in [1.29, 1.82) is 0 Å². The molecule has 3 aromatic carbocycles. The zero-order valence-corrected chi connectivity index (χ0v) is 16.8. The van der Waals surface area contributed by atoms with E-state index in [-0.39, 0.29) is 0 Å². The van der Waals surface area contributed by atoms with Crippen molar-refractivity contribution in [3.8, 4) is 5.75 Å². The molecule has 3 heteroatoms. The second kappa shape index (κ2) is 8.59. The predicted molar refractivity (Wildman–Crippen MR) is 111 cm³/mol. The molecule has 0 aliphatic carbocycles. The first-order chi connectivity index (χ1) is 12.3. The first-order valence-corrected chi connectivity index (χ1v) is 12.1. The van der Waals surface area contributed by atoms with Crippen molar-refractivity contribution in [3.63, 3.8) is 0 Å². The molecule has 0 radical (unpaired) electrons. The number of hydrogen-bond acceptors (Lipinski definition) is 1. The Balaban J connectivity index is 2.14. The van der Waals surface area contributed by atoms with Crippen LogP contribution in [0.4, 0.5) is 0 Å². The molecule has 1 nitrogen and oxygen atoms in total. The fourth-order valence-electron chi connectivity index (χ4n) is 2.73. The van der Waals surface area contributed by atoms with Gasteiger partial charge in [0.25, 0.3) is 0 Å².